The molecule has 0 saturated heterocycles. The molecule has 3 nitrogen and oxygen atoms in total. The lowest BCUT2D eigenvalue weighted by Gasteiger charge is -2.09. The number of nitrogens with two attached hydrogens (primary N) is 1. The highest BCUT2D eigenvalue weighted by Gasteiger charge is 2.14. The van der Waals surface area contributed by atoms with Crippen molar-refractivity contribution < 1.29 is 4.52 Å². The summed E-state index contributed by atoms with van der Waals surface area (Å²) in [7, 11) is 0. The topological polar surface area (TPSA) is 52.0 Å². The number of aromatic nitrogens is 1. The van der Waals surface area contributed by atoms with E-state index < -0.39 is 0 Å². The molecule has 0 spiro atoms. The standard InChI is InChI=1S/C19H14N2O/c20-14-10-11-15(17(12-14)13-6-2-1-3-7-13)19-16-8-4-5-9-18(16)22-21-19/h1-12H,20H2. The molecule has 0 radical (unpaired) electrons. The second-order valence-electron chi connectivity index (χ2n) is 5.20. The van der Waals surface area contributed by atoms with E-state index in [-0.39, 0.29) is 0 Å². The normalized spacial score (nSPS) is 10.9. The predicted octanol–water partition coefficient (Wildman–Crippen LogP) is 4.74. The smallest absolute Gasteiger partial charge is 0.167 e. The van der Waals surface area contributed by atoms with E-state index in [2.05, 4.69) is 17.3 Å². The lowest BCUT2D eigenvalue weighted by molar-refractivity contribution is 0.459. The van der Waals surface area contributed by atoms with Gasteiger partial charge >= 0.3 is 0 Å². The fraction of sp³-hybridized carbons (Fsp3) is 0. The molecular weight excluding hydrogens is 272 g/mol. The van der Waals surface area contributed by atoms with Crippen LogP contribution in [-0.2, 0) is 0 Å². The van der Waals surface area contributed by atoms with Crippen molar-refractivity contribution in [2.45, 2.75) is 0 Å². The van der Waals surface area contributed by atoms with Crippen LogP contribution in [0.25, 0.3) is 33.4 Å². The maximum absolute atomic E-state index is 5.99. The Bertz CT molecular complexity index is 942. The monoisotopic (exact) mass is 286 g/mol. The summed E-state index contributed by atoms with van der Waals surface area (Å²) in [5.41, 5.74) is 11.5. The van der Waals surface area contributed by atoms with Crippen molar-refractivity contribution in [1.29, 1.82) is 0 Å². The number of fused-ring (bicyclic) bond motifs is 1. The van der Waals surface area contributed by atoms with E-state index in [1.165, 1.54) is 0 Å². The van der Waals surface area contributed by atoms with Gasteiger partial charge in [0, 0.05) is 16.6 Å². The first-order valence-corrected chi connectivity index (χ1v) is 7.13. The number of nitrogens with zero attached hydrogens (tertiary/aromatic N) is 1. The van der Waals surface area contributed by atoms with E-state index in [1.807, 2.05) is 60.7 Å². The van der Waals surface area contributed by atoms with Crippen molar-refractivity contribution in [3.8, 4) is 22.4 Å². The number of rotatable bonds is 2. The van der Waals surface area contributed by atoms with Gasteiger partial charge in [-0.05, 0) is 41.5 Å². The molecule has 0 amide bonds. The highest BCUT2D eigenvalue weighted by molar-refractivity contribution is 5.96. The molecule has 22 heavy (non-hydrogen) atoms. The molecule has 3 heteroatoms. The molecule has 4 aromatic rings. The van der Waals surface area contributed by atoms with Crippen LogP contribution >= 0.6 is 0 Å². The van der Waals surface area contributed by atoms with Crippen LogP contribution in [-0.4, -0.2) is 5.16 Å². The van der Waals surface area contributed by atoms with E-state index in [9.17, 15) is 0 Å². The minimum atomic E-state index is 0.732. The van der Waals surface area contributed by atoms with Crippen LogP contribution in [0.15, 0.2) is 77.3 Å². The van der Waals surface area contributed by atoms with Crippen LogP contribution < -0.4 is 5.73 Å². The zero-order valence-corrected chi connectivity index (χ0v) is 11.9. The van der Waals surface area contributed by atoms with Crippen molar-refractivity contribution in [1.82, 2.24) is 5.16 Å². The summed E-state index contributed by atoms with van der Waals surface area (Å²) >= 11 is 0. The van der Waals surface area contributed by atoms with Gasteiger partial charge < -0.3 is 10.3 Å². The Morgan fingerprint density at radius 3 is 2.41 bits per heavy atom. The van der Waals surface area contributed by atoms with Gasteiger partial charge in [0.15, 0.2) is 5.58 Å². The van der Waals surface area contributed by atoms with Gasteiger partial charge in [-0.25, -0.2) is 0 Å². The van der Waals surface area contributed by atoms with E-state index in [0.29, 0.717) is 0 Å². The van der Waals surface area contributed by atoms with Gasteiger partial charge in [0.05, 0.1) is 0 Å². The zero-order valence-electron chi connectivity index (χ0n) is 11.9. The Hall–Kier alpha value is -3.07. The Labute approximate surface area is 128 Å². The predicted molar refractivity (Wildman–Crippen MR) is 89.3 cm³/mol. The fourth-order valence-electron chi connectivity index (χ4n) is 2.71. The molecule has 0 aliphatic carbocycles. The van der Waals surface area contributed by atoms with Crippen LogP contribution in [0.5, 0.6) is 0 Å². The van der Waals surface area contributed by atoms with Crippen molar-refractivity contribution in [2.24, 2.45) is 0 Å². The first-order valence-electron chi connectivity index (χ1n) is 7.13. The Kier molecular flexibility index (Phi) is 2.90. The third kappa shape index (κ3) is 2.04. The molecule has 0 bridgehead atoms. The molecule has 1 aromatic heterocycles. The highest BCUT2D eigenvalue weighted by Crippen LogP contribution is 2.36. The average molecular weight is 286 g/mol. The molecule has 0 aliphatic rings. The van der Waals surface area contributed by atoms with E-state index in [4.69, 9.17) is 10.3 Å². The number of benzene rings is 3. The molecule has 0 atom stereocenters. The van der Waals surface area contributed by atoms with Gasteiger partial charge in [-0.3, -0.25) is 0 Å². The highest BCUT2D eigenvalue weighted by atomic mass is 16.5. The van der Waals surface area contributed by atoms with Crippen molar-refractivity contribution >= 4 is 16.7 Å². The minimum absolute atomic E-state index is 0.732. The Balaban J connectivity index is 2.00. The van der Waals surface area contributed by atoms with Crippen molar-refractivity contribution in [2.75, 3.05) is 5.73 Å². The lowest BCUT2D eigenvalue weighted by atomic mass is 9.95. The zero-order chi connectivity index (χ0) is 14.9. The molecule has 0 unspecified atom stereocenters. The molecule has 2 N–H and O–H groups in total. The van der Waals surface area contributed by atoms with Crippen LogP contribution in [0.2, 0.25) is 0 Å². The van der Waals surface area contributed by atoms with Crippen LogP contribution in [0.4, 0.5) is 5.69 Å². The van der Waals surface area contributed by atoms with Gasteiger partial charge in [0.25, 0.3) is 0 Å². The summed E-state index contributed by atoms with van der Waals surface area (Å²) in [6.07, 6.45) is 0. The number of hydrogen-bond acceptors (Lipinski definition) is 3. The maximum Gasteiger partial charge on any atom is 0.167 e. The van der Waals surface area contributed by atoms with Crippen LogP contribution in [0, 0.1) is 0 Å². The SMILES string of the molecule is Nc1ccc(-c2noc3ccccc23)c(-c2ccccc2)c1. The number of hydrogen-bond donors (Lipinski definition) is 1. The minimum Gasteiger partial charge on any atom is -0.399 e. The molecular formula is C19H14N2O. The quantitative estimate of drug-likeness (QED) is 0.541. The van der Waals surface area contributed by atoms with Crippen molar-refractivity contribution in [3.05, 3.63) is 72.8 Å². The maximum atomic E-state index is 5.99. The molecule has 0 saturated carbocycles. The first kappa shape index (κ1) is 12.7. The summed E-state index contributed by atoms with van der Waals surface area (Å²) in [4.78, 5) is 0. The van der Waals surface area contributed by atoms with Gasteiger partial charge in [-0.15, -0.1) is 0 Å². The second-order valence-corrected chi connectivity index (χ2v) is 5.20. The second kappa shape index (κ2) is 5.04. The van der Waals surface area contributed by atoms with E-state index >= 15 is 0 Å². The Morgan fingerprint density at radius 1 is 0.773 bits per heavy atom. The Morgan fingerprint density at radius 2 is 1.55 bits per heavy atom. The molecule has 1 heterocycles. The lowest BCUT2D eigenvalue weighted by Crippen LogP contribution is -1.90. The van der Waals surface area contributed by atoms with Gasteiger partial charge in [0.2, 0.25) is 0 Å². The molecule has 0 fully saturated rings. The third-order valence-corrected chi connectivity index (χ3v) is 3.76. The fourth-order valence-corrected chi connectivity index (χ4v) is 2.71. The molecule has 4 rings (SSSR count). The van der Waals surface area contributed by atoms with Gasteiger partial charge in [0.1, 0.15) is 5.69 Å². The molecule has 106 valence electrons. The van der Waals surface area contributed by atoms with E-state index in [0.717, 1.165) is 39.0 Å². The average Bonchev–Trinajstić information content (AvgIpc) is 3.00. The van der Waals surface area contributed by atoms with Crippen molar-refractivity contribution in [3.63, 3.8) is 0 Å². The summed E-state index contributed by atoms with van der Waals surface area (Å²) in [6, 6.07) is 23.9. The van der Waals surface area contributed by atoms with Gasteiger partial charge in [-0.2, -0.15) is 0 Å². The summed E-state index contributed by atoms with van der Waals surface area (Å²) < 4.78 is 5.44. The largest absolute Gasteiger partial charge is 0.399 e. The van der Waals surface area contributed by atoms with Crippen LogP contribution in [0.1, 0.15) is 0 Å². The number of anilines is 1. The summed E-state index contributed by atoms with van der Waals surface area (Å²) in [5.74, 6) is 0. The number of nitrogen functional groups attached to an aromatic ring is 1. The molecule has 0 aliphatic heterocycles. The van der Waals surface area contributed by atoms with Gasteiger partial charge in [-0.1, -0.05) is 47.6 Å². The third-order valence-electron chi connectivity index (χ3n) is 3.76. The summed E-state index contributed by atoms with van der Waals surface area (Å²) in [6.45, 7) is 0. The molecule has 3 aromatic carbocycles. The van der Waals surface area contributed by atoms with E-state index in [1.54, 1.807) is 0 Å². The first-order chi connectivity index (χ1) is 10.8. The van der Waals surface area contributed by atoms with Crippen LogP contribution in [0.3, 0.4) is 0 Å². The summed E-state index contributed by atoms with van der Waals surface area (Å²) in [5, 5.41) is 5.27. The number of para-hydroxylation sites is 1.